The quantitative estimate of drug-likeness (QED) is 0.715. The van der Waals surface area contributed by atoms with Crippen LogP contribution in [0.3, 0.4) is 0 Å². The molecule has 6 heteroatoms. The minimum atomic E-state index is -3.45. The number of nitrogens with zero attached hydrogens (tertiary/aromatic N) is 2. The van der Waals surface area contributed by atoms with Crippen LogP contribution in [0.1, 0.15) is 5.69 Å². The maximum atomic E-state index is 11.2. The molecule has 0 saturated carbocycles. The van der Waals surface area contributed by atoms with E-state index in [9.17, 15) is 8.42 Å². The fourth-order valence-corrected chi connectivity index (χ4v) is 1.40. The molecule has 0 spiro atoms. The van der Waals surface area contributed by atoms with E-state index < -0.39 is 10.0 Å². The van der Waals surface area contributed by atoms with Gasteiger partial charge in [0.1, 0.15) is 16.7 Å². The zero-order valence-electron chi connectivity index (χ0n) is 6.85. The second kappa shape index (κ2) is 3.51. The SMILES string of the molecule is CNS(=O)(=O)c1ccc(C#N)nc1. The highest BCUT2D eigenvalue weighted by Gasteiger charge is 2.10. The van der Waals surface area contributed by atoms with Crippen LogP contribution in [0.25, 0.3) is 0 Å². The van der Waals surface area contributed by atoms with Gasteiger partial charge in [0.15, 0.2) is 0 Å². The lowest BCUT2D eigenvalue weighted by molar-refractivity contribution is 0.588. The number of hydrogen-bond donors (Lipinski definition) is 1. The molecule has 1 aromatic heterocycles. The lowest BCUT2D eigenvalue weighted by atomic mass is 10.4. The predicted octanol–water partition coefficient (Wildman–Crippen LogP) is -0.139. The van der Waals surface area contributed by atoms with Gasteiger partial charge in [-0.15, -0.1) is 0 Å². The van der Waals surface area contributed by atoms with E-state index in [0.717, 1.165) is 6.20 Å². The third kappa shape index (κ3) is 2.02. The summed E-state index contributed by atoms with van der Waals surface area (Å²) < 4.78 is 24.5. The van der Waals surface area contributed by atoms with Gasteiger partial charge in [0.2, 0.25) is 10.0 Å². The number of nitrogens with one attached hydrogen (secondary N) is 1. The smallest absolute Gasteiger partial charge is 0.241 e. The van der Waals surface area contributed by atoms with Crippen molar-refractivity contribution in [3.63, 3.8) is 0 Å². The lowest BCUT2D eigenvalue weighted by Crippen LogP contribution is -2.18. The molecule has 0 amide bonds. The van der Waals surface area contributed by atoms with E-state index >= 15 is 0 Å². The van der Waals surface area contributed by atoms with E-state index in [1.54, 1.807) is 6.07 Å². The molecule has 0 fully saturated rings. The second-order valence-corrected chi connectivity index (χ2v) is 4.09. The van der Waals surface area contributed by atoms with Gasteiger partial charge in [-0.3, -0.25) is 0 Å². The van der Waals surface area contributed by atoms with Crippen LogP contribution in [0, 0.1) is 11.3 Å². The van der Waals surface area contributed by atoms with Crippen molar-refractivity contribution in [3.8, 4) is 6.07 Å². The zero-order valence-corrected chi connectivity index (χ0v) is 7.67. The standard InChI is InChI=1S/C7H7N3O2S/c1-9-13(11,12)7-3-2-6(4-8)10-5-7/h2-3,5,9H,1H3. The van der Waals surface area contributed by atoms with Crippen LogP contribution in [0.4, 0.5) is 0 Å². The Kier molecular flexibility index (Phi) is 2.60. The highest BCUT2D eigenvalue weighted by Crippen LogP contribution is 2.05. The van der Waals surface area contributed by atoms with Gasteiger partial charge < -0.3 is 0 Å². The maximum Gasteiger partial charge on any atom is 0.241 e. The summed E-state index contributed by atoms with van der Waals surface area (Å²) in [6.07, 6.45) is 1.14. The number of nitriles is 1. The van der Waals surface area contributed by atoms with Gasteiger partial charge in [-0.25, -0.2) is 18.1 Å². The maximum absolute atomic E-state index is 11.2. The molecule has 0 saturated heterocycles. The Morgan fingerprint density at radius 1 is 1.54 bits per heavy atom. The summed E-state index contributed by atoms with van der Waals surface area (Å²) in [5.41, 5.74) is 0.190. The molecule has 0 radical (unpaired) electrons. The third-order valence-electron chi connectivity index (χ3n) is 1.43. The molecule has 1 rings (SSSR count). The summed E-state index contributed by atoms with van der Waals surface area (Å²) in [4.78, 5) is 3.68. The Hall–Kier alpha value is -1.45. The molecular formula is C7H7N3O2S. The van der Waals surface area contributed by atoms with E-state index in [1.807, 2.05) is 0 Å². The van der Waals surface area contributed by atoms with Gasteiger partial charge in [0.25, 0.3) is 0 Å². The highest BCUT2D eigenvalue weighted by molar-refractivity contribution is 7.89. The zero-order chi connectivity index (χ0) is 9.90. The van der Waals surface area contributed by atoms with Crippen molar-refractivity contribution in [2.75, 3.05) is 7.05 Å². The van der Waals surface area contributed by atoms with Crippen molar-refractivity contribution >= 4 is 10.0 Å². The van der Waals surface area contributed by atoms with E-state index in [1.165, 1.54) is 19.2 Å². The Labute approximate surface area is 76.1 Å². The van der Waals surface area contributed by atoms with Crippen molar-refractivity contribution in [1.29, 1.82) is 5.26 Å². The van der Waals surface area contributed by atoms with Crippen LogP contribution in [-0.4, -0.2) is 20.4 Å². The molecule has 13 heavy (non-hydrogen) atoms. The normalized spacial score (nSPS) is 10.8. The van der Waals surface area contributed by atoms with E-state index in [2.05, 4.69) is 9.71 Å². The van der Waals surface area contributed by atoms with Gasteiger partial charge in [0, 0.05) is 6.20 Å². The number of aromatic nitrogens is 1. The van der Waals surface area contributed by atoms with Crippen molar-refractivity contribution in [2.45, 2.75) is 4.90 Å². The highest BCUT2D eigenvalue weighted by atomic mass is 32.2. The molecule has 68 valence electrons. The van der Waals surface area contributed by atoms with Gasteiger partial charge in [-0.05, 0) is 19.2 Å². The molecule has 0 bridgehead atoms. The number of sulfonamides is 1. The summed E-state index contributed by atoms with van der Waals surface area (Å²) in [6, 6.07) is 4.48. The van der Waals surface area contributed by atoms with E-state index in [0.29, 0.717) is 0 Å². The largest absolute Gasteiger partial charge is 0.244 e. The molecule has 0 aliphatic heterocycles. The minimum Gasteiger partial charge on any atom is -0.244 e. The average Bonchev–Trinajstić information content (AvgIpc) is 2.18. The van der Waals surface area contributed by atoms with Gasteiger partial charge in [-0.1, -0.05) is 0 Å². The van der Waals surface area contributed by atoms with Crippen LogP contribution >= 0.6 is 0 Å². The summed E-state index contributed by atoms with van der Waals surface area (Å²) in [5, 5.41) is 8.41. The molecule has 0 atom stereocenters. The Bertz CT molecular complexity index is 430. The van der Waals surface area contributed by atoms with Gasteiger partial charge in [-0.2, -0.15) is 5.26 Å². The summed E-state index contributed by atoms with van der Waals surface area (Å²) in [5.74, 6) is 0. The topological polar surface area (TPSA) is 82.9 Å². The van der Waals surface area contributed by atoms with Crippen molar-refractivity contribution in [1.82, 2.24) is 9.71 Å². The first-order valence-corrected chi connectivity index (χ1v) is 4.88. The first-order valence-electron chi connectivity index (χ1n) is 3.40. The molecule has 0 aliphatic rings. The number of pyridine rings is 1. The summed E-state index contributed by atoms with van der Waals surface area (Å²) >= 11 is 0. The molecule has 5 nitrogen and oxygen atoms in total. The molecule has 0 aromatic carbocycles. The summed E-state index contributed by atoms with van der Waals surface area (Å²) in [7, 11) is -2.13. The van der Waals surface area contributed by atoms with Crippen LogP contribution < -0.4 is 4.72 Å². The van der Waals surface area contributed by atoms with Crippen molar-refractivity contribution in [2.24, 2.45) is 0 Å². The summed E-state index contributed by atoms with van der Waals surface area (Å²) in [6.45, 7) is 0. The Morgan fingerprint density at radius 2 is 2.23 bits per heavy atom. The van der Waals surface area contributed by atoms with E-state index in [-0.39, 0.29) is 10.6 Å². The molecule has 1 N–H and O–H groups in total. The van der Waals surface area contributed by atoms with E-state index in [4.69, 9.17) is 5.26 Å². The van der Waals surface area contributed by atoms with Crippen molar-refractivity contribution < 1.29 is 8.42 Å². The van der Waals surface area contributed by atoms with Gasteiger partial charge >= 0.3 is 0 Å². The fourth-order valence-electron chi connectivity index (χ4n) is 0.723. The number of hydrogen-bond acceptors (Lipinski definition) is 4. The Balaban J connectivity index is 3.15. The van der Waals surface area contributed by atoms with Crippen molar-refractivity contribution in [3.05, 3.63) is 24.0 Å². The van der Waals surface area contributed by atoms with Crippen LogP contribution in [0.15, 0.2) is 23.2 Å². The lowest BCUT2D eigenvalue weighted by Gasteiger charge is -1.99. The monoisotopic (exact) mass is 197 g/mol. The second-order valence-electron chi connectivity index (χ2n) is 2.20. The van der Waals surface area contributed by atoms with Crippen LogP contribution in [0.2, 0.25) is 0 Å². The predicted molar refractivity (Wildman–Crippen MR) is 45.2 cm³/mol. The third-order valence-corrected chi connectivity index (χ3v) is 2.83. The molecular weight excluding hydrogens is 190 g/mol. The van der Waals surface area contributed by atoms with Gasteiger partial charge in [0.05, 0.1) is 0 Å². The minimum absolute atomic E-state index is 0.0500. The molecule has 1 heterocycles. The fraction of sp³-hybridized carbons (Fsp3) is 0.143. The first kappa shape index (κ1) is 9.64. The molecule has 1 aromatic rings. The number of rotatable bonds is 2. The van der Waals surface area contributed by atoms with Crippen LogP contribution in [0.5, 0.6) is 0 Å². The average molecular weight is 197 g/mol. The molecule has 0 aliphatic carbocycles. The first-order chi connectivity index (χ1) is 6.10. The van der Waals surface area contributed by atoms with Crippen LogP contribution in [-0.2, 0) is 10.0 Å². The molecule has 0 unspecified atom stereocenters. The Morgan fingerprint density at radius 3 is 2.62 bits per heavy atom.